The first-order chi connectivity index (χ1) is 8.59. The lowest BCUT2D eigenvalue weighted by atomic mass is 10.3. The van der Waals surface area contributed by atoms with Gasteiger partial charge in [-0.1, -0.05) is 0 Å². The number of amides is 4. The molecular formula is C10H16N4O4. The Morgan fingerprint density at radius 2 is 0.944 bits per heavy atom. The van der Waals surface area contributed by atoms with Crippen LogP contribution >= 0.6 is 0 Å². The smallest absolute Gasteiger partial charge is 0.309 e. The maximum absolute atomic E-state index is 11.3. The Balaban J connectivity index is 2.47. The average Bonchev–Trinajstić information content (AvgIpc) is 2.33. The van der Waals surface area contributed by atoms with Crippen molar-refractivity contribution in [2.75, 3.05) is 26.2 Å². The Morgan fingerprint density at radius 1 is 0.556 bits per heavy atom. The summed E-state index contributed by atoms with van der Waals surface area (Å²) >= 11 is 0. The Labute approximate surface area is 104 Å². The van der Waals surface area contributed by atoms with Crippen molar-refractivity contribution >= 4 is 23.6 Å². The predicted octanol–water partition coefficient (Wildman–Crippen LogP) is -2.75. The van der Waals surface area contributed by atoms with Crippen LogP contribution in [0.15, 0.2) is 0 Å². The van der Waals surface area contributed by atoms with Crippen LogP contribution in [0.3, 0.4) is 0 Å². The average molecular weight is 256 g/mol. The van der Waals surface area contributed by atoms with Crippen molar-refractivity contribution in [2.24, 2.45) is 0 Å². The summed E-state index contributed by atoms with van der Waals surface area (Å²) in [6.07, 6.45) is 0.257. The van der Waals surface area contributed by atoms with Crippen molar-refractivity contribution in [3.63, 3.8) is 0 Å². The van der Waals surface area contributed by atoms with Crippen molar-refractivity contribution < 1.29 is 19.2 Å². The molecule has 4 N–H and O–H groups in total. The third kappa shape index (κ3) is 5.28. The van der Waals surface area contributed by atoms with Gasteiger partial charge in [0, 0.05) is 39.0 Å². The second-order valence-corrected chi connectivity index (χ2v) is 3.71. The first-order valence-electron chi connectivity index (χ1n) is 5.69. The zero-order chi connectivity index (χ0) is 13.4. The SMILES string of the molecule is O=C1CCNC(=O)CCNC(=O)C(=O)NCCN1. The van der Waals surface area contributed by atoms with Gasteiger partial charge in [0.2, 0.25) is 11.8 Å². The van der Waals surface area contributed by atoms with Gasteiger partial charge in [0.15, 0.2) is 0 Å². The van der Waals surface area contributed by atoms with Crippen molar-refractivity contribution in [2.45, 2.75) is 12.8 Å². The summed E-state index contributed by atoms with van der Waals surface area (Å²) < 4.78 is 0. The Bertz CT molecular complexity index is 356. The topological polar surface area (TPSA) is 116 Å². The van der Waals surface area contributed by atoms with Crippen LogP contribution < -0.4 is 21.3 Å². The zero-order valence-corrected chi connectivity index (χ0v) is 9.88. The van der Waals surface area contributed by atoms with E-state index in [-0.39, 0.29) is 50.8 Å². The number of hydrogen-bond donors (Lipinski definition) is 4. The van der Waals surface area contributed by atoms with Gasteiger partial charge >= 0.3 is 11.8 Å². The van der Waals surface area contributed by atoms with Crippen LogP contribution in [0.1, 0.15) is 12.8 Å². The molecule has 0 aromatic carbocycles. The molecule has 8 nitrogen and oxygen atoms in total. The van der Waals surface area contributed by atoms with Gasteiger partial charge in [0.1, 0.15) is 0 Å². The molecular weight excluding hydrogens is 240 g/mol. The first kappa shape index (κ1) is 13.9. The monoisotopic (exact) mass is 256 g/mol. The first-order valence-corrected chi connectivity index (χ1v) is 5.69. The molecule has 0 saturated carbocycles. The molecule has 1 aliphatic heterocycles. The molecule has 1 saturated heterocycles. The van der Waals surface area contributed by atoms with Crippen LogP contribution in [0.2, 0.25) is 0 Å². The minimum atomic E-state index is -0.786. The van der Waals surface area contributed by atoms with Crippen molar-refractivity contribution in [1.29, 1.82) is 0 Å². The summed E-state index contributed by atoms with van der Waals surface area (Å²) in [7, 11) is 0. The van der Waals surface area contributed by atoms with E-state index < -0.39 is 11.8 Å². The molecule has 0 aromatic rings. The van der Waals surface area contributed by atoms with Crippen LogP contribution in [-0.2, 0) is 19.2 Å². The van der Waals surface area contributed by atoms with E-state index in [1.54, 1.807) is 0 Å². The molecule has 8 heteroatoms. The molecule has 1 fully saturated rings. The largest absolute Gasteiger partial charge is 0.356 e. The van der Waals surface area contributed by atoms with E-state index in [0.29, 0.717) is 0 Å². The van der Waals surface area contributed by atoms with Gasteiger partial charge in [-0.05, 0) is 0 Å². The molecule has 1 heterocycles. The van der Waals surface area contributed by atoms with E-state index in [9.17, 15) is 19.2 Å². The summed E-state index contributed by atoms with van der Waals surface area (Å²) in [6.45, 7) is 0.769. The molecule has 0 bridgehead atoms. The molecule has 0 unspecified atom stereocenters. The summed E-state index contributed by atoms with van der Waals surface area (Å²) in [5, 5.41) is 9.77. The van der Waals surface area contributed by atoms with E-state index >= 15 is 0 Å². The molecule has 0 aliphatic carbocycles. The highest BCUT2D eigenvalue weighted by Gasteiger charge is 2.13. The summed E-state index contributed by atoms with van der Waals surface area (Å²) in [6, 6.07) is 0. The van der Waals surface area contributed by atoms with E-state index in [2.05, 4.69) is 21.3 Å². The fourth-order valence-corrected chi connectivity index (χ4v) is 1.32. The number of nitrogens with one attached hydrogen (secondary N) is 4. The standard InChI is InChI=1S/C10H16N4O4/c15-7-2-4-13-9(17)10(18)14-6-5-12-8(16)1-3-11-7/h1-6H2,(H,11,15)(H,12,16)(H,13,17)(H,14,18). The normalized spacial score (nSPS) is 20.0. The van der Waals surface area contributed by atoms with Gasteiger partial charge in [-0.15, -0.1) is 0 Å². The van der Waals surface area contributed by atoms with Gasteiger partial charge in [0.05, 0.1) is 0 Å². The highest BCUT2D eigenvalue weighted by atomic mass is 16.2. The van der Waals surface area contributed by atoms with Gasteiger partial charge in [-0.3, -0.25) is 19.2 Å². The molecule has 0 spiro atoms. The molecule has 1 aliphatic rings. The summed E-state index contributed by atoms with van der Waals surface area (Å²) in [4.78, 5) is 44.9. The minimum Gasteiger partial charge on any atom is -0.356 e. The van der Waals surface area contributed by atoms with Gasteiger partial charge in [-0.25, -0.2) is 0 Å². The van der Waals surface area contributed by atoms with Crippen LogP contribution in [0.25, 0.3) is 0 Å². The number of carbonyl (C=O) groups excluding carboxylic acids is 4. The Kier molecular flexibility index (Phi) is 5.62. The van der Waals surface area contributed by atoms with Gasteiger partial charge in [0.25, 0.3) is 0 Å². The third-order valence-electron chi connectivity index (χ3n) is 2.25. The maximum atomic E-state index is 11.3. The second-order valence-electron chi connectivity index (χ2n) is 3.71. The van der Waals surface area contributed by atoms with Crippen LogP contribution in [0.4, 0.5) is 0 Å². The van der Waals surface area contributed by atoms with Crippen LogP contribution in [0.5, 0.6) is 0 Å². The molecule has 0 aromatic heterocycles. The highest BCUT2D eigenvalue weighted by molar-refractivity contribution is 6.35. The van der Waals surface area contributed by atoms with E-state index in [1.165, 1.54) is 0 Å². The predicted molar refractivity (Wildman–Crippen MR) is 61.3 cm³/mol. The Morgan fingerprint density at radius 3 is 1.56 bits per heavy atom. The maximum Gasteiger partial charge on any atom is 0.309 e. The van der Waals surface area contributed by atoms with Crippen molar-refractivity contribution in [1.82, 2.24) is 21.3 Å². The Hall–Kier alpha value is -2.12. The summed E-state index contributed by atoms with van der Waals surface area (Å²) in [5.74, 6) is -2.06. The number of hydrogen-bond acceptors (Lipinski definition) is 4. The molecule has 0 atom stereocenters. The lowest BCUT2D eigenvalue weighted by molar-refractivity contribution is -0.139. The minimum absolute atomic E-state index is 0.0701. The van der Waals surface area contributed by atoms with Crippen LogP contribution in [0, 0.1) is 0 Å². The van der Waals surface area contributed by atoms with Gasteiger partial charge in [-0.2, -0.15) is 0 Å². The van der Waals surface area contributed by atoms with Gasteiger partial charge < -0.3 is 21.3 Å². The van der Waals surface area contributed by atoms with E-state index in [0.717, 1.165) is 0 Å². The fraction of sp³-hybridized carbons (Fsp3) is 0.600. The number of rotatable bonds is 0. The molecule has 1 rings (SSSR count). The quantitative estimate of drug-likeness (QED) is 0.351. The third-order valence-corrected chi connectivity index (χ3v) is 2.25. The lowest BCUT2D eigenvalue weighted by Crippen LogP contribution is -2.44. The van der Waals surface area contributed by atoms with E-state index in [1.807, 2.05) is 0 Å². The van der Waals surface area contributed by atoms with Crippen LogP contribution in [-0.4, -0.2) is 49.8 Å². The van der Waals surface area contributed by atoms with E-state index in [4.69, 9.17) is 0 Å². The molecule has 18 heavy (non-hydrogen) atoms. The van der Waals surface area contributed by atoms with Crippen molar-refractivity contribution in [3.8, 4) is 0 Å². The molecule has 0 radical (unpaired) electrons. The fourth-order valence-electron chi connectivity index (χ4n) is 1.32. The zero-order valence-electron chi connectivity index (χ0n) is 9.88. The summed E-state index contributed by atoms with van der Waals surface area (Å²) in [5.41, 5.74) is 0. The number of carbonyl (C=O) groups is 4. The lowest BCUT2D eigenvalue weighted by Gasteiger charge is -2.10. The second kappa shape index (κ2) is 7.25. The molecule has 100 valence electrons. The van der Waals surface area contributed by atoms with Crippen molar-refractivity contribution in [3.05, 3.63) is 0 Å². The molecule has 4 amide bonds. The highest BCUT2D eigenvalue weighted by Crippen LogP contribution is 1.82.